The zero-order valence-corrected chi connectivity index (χ0v) is 18.4. The van der Waals surface area contributed by atoms with Gasteiger partial charge in [0.15, 0.2) is 17.1 Å². The number of aryl methyl sites for hydroxylation is 1. The quantitative estimate of drug-likeness (QED) is 0.459. The summed E-state index contributed by atoms with van der Waals surface area (Å²) in [6, 6.07) is 5.58. The number of rotatable bonds is 4. The topological polar surface area (TPSA) is 132 Å². The number of nitrogen functional groups attached to an aromatic ring is 1. The highest BCUT2D eigenvalue weighted by molar-refractivity contribution is 6.01. The number of amides is 1. The van der Waals surface area contributed by atoms with Crippen molar-refractivity contribution in [3.63, 3.8) is 0 Å². The van der Waals surface area contributed by atoms with Gasteiger partial charge < -0.3 is 19.8 Å². The summed E-state index contributed by atoms with van der Waals surface area (Å²) in [5.41, 5.74) is 8.17. The third-order valence-corrected chi connectivity index (χ3v) is 6.32. The number of methoxy groups -OCH3 is 1. The van der Waals surface area contributed by atoms with Gasteiger partial charge in [-0.25, -0.2) is 5.10 Å². The monoisotopic (exact) mass is 448 g/mol. The number of nitrogens with two attached hydrogens (primary N) is 1. The lowest BCUT2D eigenvalue weighted by molar-refractivity contribution is -0.127. The first kappa shape index (κ1) is 20.8. The Morgan fingerprint density at radius 1 is 1.36 bits per heavy atom. The van der Waals surface area contributed by atoms with E-state index in [0.29, 0.717) is 54.1 Å². The lowest BCUT2D eigenvalue weighted by Crippen LogP contribution is -2.38. The molecule has 0 unspecified atom stereocenters. The SMILES string of the molecule is C=CC(=O)N1CCC(n2nc3c(=O)[nH]nc(N)c3c2-c2oc3cc(OC)ccc3c2C)CC1. The first-order valence-electron chi connectivity index (χ1n) is 10.7. The molecule has 10 nitrogen and oxygen atoms in total. The van der Waals surface area contributed by atoms with E-state index in [1.54, 1.807) is 12.0 Å². The zero-order valence-electron chi connectivity index (χ0n) is 18.4. The van der Waals surface area contributed by atoms with Crippen LogP contribution in [0.15, 0.2) is 40.1 Å². The Hall–Kier alpha value is -4.08. The van der Waals surface area contributed by atoms with Crippen LogP contribution in [0.4, 0.5) is 5.82 Å². The smallest absolute Gasteiger partial charge is 0.292 e. The molecule has 1 fully saturated rings. The van der Waals surface area contributed by atoms with Gasteiger partial charge in [0.05, 0.1) is 18.5 Å². The van der Waals surface area contributed by atoms with Crippen molar-refractivity contribution in [3.05, 3.63) is 46.8 Å². The van der Waals surface area contributed by atoms with Gasteiger partial charge in [0, 0.05) is 30.1 Å². The molecule has 170 valence electrons. The van der Waals surface area contributed by atoms with E-state index in [1.165, 1.54) is 6.08 Å². The van der Waals surface area contributed by atoms with Crippen LogP contribution in [-0.4, -0.2) is 51.0 Å². The van der Waals surface area contributed by atoms with E-state index in [9.17, 15) is 9.59 Å². The van der Waals surface area contributed by atoms with Crippen molar-refractivity contribution >= 4 is 33.6 Å². The maximum Gasteiger partial charge on any atom is 0.292 e. The molecule has 0 spiro atoms. The minimum atomic E-state index is -0.422. The van der Waals surface area contributed by atoms with E-state index in [2.05, 4.69) is 21.9 Å². The number of nitrogens with one attached hydrogen (secondary N) is 1. The lowest BCUT2D eigenvalue weighted by Gasteiger charge is -2.32. The fourth-order valence-electron chi connectivity index (χ4n) is 4.56. The van der Waals surface area contributed by atoms with Crippen molar-refractivity contribution in [2.45, 2.75) is 25.8 Å². The highest BCUT2D eigenvalue weighted by atomic mass is 16.5. The summed E-state index contributed by atoms with van der Waals surface area (Å²) in [5.74, 6) is 1.33. The number of anilines is 1. The van der Waals surface area contributed by atoms with Crippen LogP contribution in [0.3, 0.4) is 0 Å². The van der Waals surface area contributed by atoms with Gasteiger partial charge in [-0.15, -0.1) is 0 Å². The molecule has 1 aliphatic rings. The number of fused-ring (bicyclic) bond motifs is 2. The second kappa shape index (κ2) is 7.80. The number of H-pyrrole nitrogens is 1. The number of ether oxygens (including phenoxy) is 1. The number of hydrogen-bond acceptors (Lipinski definition) is 7. The third-order valence-electron chi connectivity index (χ3n) is 6.32. The van der Waals surface area contributed by atoms with Gasteiger partial charge >= 0.3 is 0 Å². The molecule has 10 heteroatoms. The van der Waals surface area contributed by atoms with Crippen molar-refractivity contribution in [2.24, 2.45) is 0 Å². The predicted octanol–water partition coefficient (Wildman–Crippen LogP) is 2.78. The van der Waals surface area contributed by atoms with Gasteiger partial charge in [0.1, 0.15) is 17.0 Å². The van der Waals surface area contributed by atoms with Crippen LogP contribution in [0.2, 0.25) is 0 Å². The van der Waals surface area contributed by atoms with E-state index >= 15 is 0 Å². The Balaban J connectivity index is 1.70. The number of piperidine rings is 1. The molecule has 0 radical (unpaired) electrons. The number of benzene rings is 1. The molecule has 4 aromatic rings. The Labute approximate surface area is 188 Å². The van der Waals surface area contributed by atoms with Crippen LogP contribution >= 0.6 is 0 Å². The summed E-state index contributed by atoms with van der Waals surface area (Å²) in [6.07, 6.45) is 2.66. The molecule has 1 aliphatic heterocycles. The summed E-state index contributed by atoms with van der Waals surface area (Å²) in [4.78, 5) is 26.3. The molecule has 0 saturated carbocycles. The standard InChI is InChI=1S/C23H24N6O4/c1-4-17(30)28-9-7-13(8-10-28)29-20(18-19(27-29)23(31)26-25-22(18)24)21-12(2)15-6-5-14(32-3)11-16(15)33-21/h4-6,11,13H,1,7-10H2,2-3H3,(H2,24,25)(H,26,31). The van der Waals surface area contributed by atoms with Crippen LogP contribution in [0.25, 0.3) is 33.3 Å². The summed E-state index contributed by atoms with van der Waals surface area (Å²) in [6.45, 7) is 6.65. The Kier molecular flexibility index (Phi) is 4.92. The average molecular weight is 448 g/mol. The number of carbonyl (C=O) groups excluding carboxylic acids is 1. The number of furan rings is 1. The summed E-state index contributed by atoms with van der Waals surface area (Å²) in [7, 11) is 1.60. The number of aromatic nitrogens is 4. The van der Waals surface area contributed by atoms with E-state index in [0.717, 1.165) is 10.9 Å². The van der Waals surface area contributed by atoms with E-state index < -0.39 is 5.56 Å². The zero-order chi connectivity index (χ0) is 23.3. The maximum atomic E-state index is 12.6. The van der Waals surface area contributed by atoms with Crippen LogP contribution < -0.4 is 16.0 Å². The fourth-order valence-corrected chi connectivity index (χ4v) is 4.56. The van der Waals surface area contributed by atoms with E-state index in [4.69, 9.17) is 14.9 Å². The molecule has 4 heterocycles. The predicted molar refractivity (Wildman–Crippen MR) is 124 cm³/mol. The Morgan fingerprint density at radius 3 is 2.82 bits per heavy atom. The molecule has 0 bridgehead atoms. The molecule has 1 amide bonds. The van der Waals surface area contributed by atoms with Gasteiger partial charge in [0.25, 0.3) is 5.56 Å². The van der Waals surface area contributed by atoms with Crippen LogP contribution in [-0.2, 0) is 4.79 Å². The normalized spacial score (nSPS) is 14.8. The molecule has 0 atom stereocenters. The van der Waals surface area contributed by atoms with Gasteiger partial charge in [-0.2, -0.15) is 10.2 Å². The lowest BCUT2D eigenvalue weighted by atomic mass is 10.0. The minimum Gasteiger partial charge on any atom is -0.497 e. The molecule has 5 rings (SSSR count). The van der Waals surface area contributed by atoms with Gasteiger partial charge in [-0.1, -0.05) is 6.58 Å². The van der Waals surface area contributed by atoms with E-state index in [1.807, 2.05) is 29.8 Å². The first-order valence-corrected chi connectivity index (χ1v) is 10.7. The maximum absolute atomic E-state index is 12.6. The number of carbonyl (C=O) groups is 1. The molecular weight excluding hydrogens is 424 g/mol. The number of nitrogens with zero attached hydrogens (tertiary/aromatic N) is 4. The second-order valence-corrected chi connectivity index (χ2v) is 8.13. The first-order chi connectivity index (χ1) is 15.9. The second-order valence-electron chi connectivity index (χ2n) is 8.13. The van der Waals surface area contributed by atoms with Crippen LogP contribution in [0, 0.1) is 6.92 Å². The highest BCUT2D eigenvalue weighted by Gasteiger charge is 2.30. The summed E-state index contributed by atoms with van der Waals surface area (Å²) in [5, 5.41) is 12.4. The molecule has 33 heavy (non-hydrogen) atoms. The van der Waals surface area contributed by atoms with Crippen molar-refractivity contribution in [1.82, 2.24) is 24.9 Å². The summed E-state index contributed by atoms with van der Waals surface area (Å²) >= 11 is 0. The van der Waals surface area contributed by atoms with Crippen LogP contribution in [0.5, 0.6) is 5.75 Å². The molecule has 0 aliphatic carbocycles. The molecule has 3 aromatic heterocycles. The van der Waals surface area contributed by atoms with Crippen LogP contribution in [0.1, 0.15) is 24.4 Å². The average Bonchev–Trinajstić information content (AvgIpc) is 3.39. The van der Waals surface area contributed by atoms with Gasteiger partial charge in [0.2, 0.25) is 5.91 Å². The molecule has 1 aromatic carbocycles. The fraction of sp³-hybridized carbons (Fsp3) is 0.304. The van der Waals surface area contributed by atoms with Crippen molar-refractivity contribution in [1.29, 1.82) is 0 Å². The van der Waals surface area contributed by atoms with Gasteiger partial charge in [-0.05, 0) is 38.0 Å². The third kappa shape index (κ3) is 3.25. The largest absolute Gasteiger partial charge is 0.497 e. The number of aromatic amines is 1. The molecular formula is C23H24N6O4. The number of likely N-dealkylation sites (tertiary alicyclic amines) is 1. The Bertz CT molecular complexity index is 1460. The highest BCUT2D eigenvalue weighted by Crippen LogP contribution is 2.41. The van der Waals surface area contributed by atoms with Crippen molar-refractivity contribution < 1.29 is 13.9 Å². The summed E-state index contributed by atoms with van der Waals surface area (Å²) < 4.78 is 13.4. The van der Waals surface area contributed by atoms with E-state index in [-0.39, 0.29) is 23.3 Å². The number of hydrogen-bond donors (Lipinski definition) is 2. The minimum absolute atomic E-state index is 0.0535. The van der Waals surface area contributed by atoms with Gasteiger partial charge in [-0.3, -0.25) is 14.3 Å². The molecule has 1 saturated heterocycles. The Morgan fingerprint density at radius 2 is 2.12 bits per heavy atom. The van der Waals surface area contributed by atoms with Crippen molar-refractivity contribution in [3.8, 4) is 17.2 Å². The van der Waals surface area contributed by atoms with Crippen molar-refractivity contribution in [2.75, 3.05) is 25.9 Å². The molecule has 3 N–H and O–H groups in total.